The van der Waals surface area contributed by atoms with Gasteiger partial charge in [0, 0.05) is 45.1 Å². The molecule has 6 nitrogen and oxygen atoms in total. The van der Waals surface area contributed by atoms with E-state index in [1.165, 1.54) is 0 Å². The largest absolute Gasteiger partial charge is 0.381 e. The molecule has 1 aromatic heterocycles. The van der Waals surface area contributed by atoms with Crippen molar-refractivity contribution in [1.29, 1.82) is 0 Å². The first-order valence-corrected chi connectivity index (χ1v) is 8.53. The molecule has 1 N–H and O–H groups in total. The van der Waals surface area contributed by atoms with E-state index in [0.717, 1.165) is 76.5 Å². The first kappa shape index (κ1) is 15.5. The van der Waals surface area contributed by atoms with Crippen LogP contribution in [-0.4, -0.2) is 52.3 Å². The highest BCUT2D eigenvalue weighted by Gasteiger charge is 2.29. The molecule has 0 aromatic carbocycles. The standard InChI is InChI=1S/C16H26N4O2/c1-2-14-17-15(19-18-14)11-12-3-7-20(8-4-12)16(21)13-5-9-22-10-6-13/h12-13H,2-11H2,1H3,(H,17,18,19). The van der Waals surface area contributed by atoms with Gasteiger partial charge in [-0.25, -0.2) is 4.98 Å². The highest BCUT2D eigenvalue weighted by molar-refractivity contribution is 5.79. The van der Waals surface area contributed by atoms with Gasteiger partial charge in [0.1, 0.15) is 11.6 Å². The quantitative estimate of drug-likeness (QED) is 0.916. The number of ether oxygens (including phenoxy) is 1. The molecule has 0 aliphatic carbocycles. The number of nitrogens with zero attached hydrogens (tertiary/aromatic N) is 3. The number of aromatic nitrogens is 3. The minimum absolute atomic E-state index is 0.187. The van der Waals surface area contributed by atoms with Crippen molar-refractivity contribution in [1.82, 2.24) is 20.1 Å². The van der Waals surface area contributed by atoms with Crippen molar-refractivity contribution in [2.75, 3.05) is 26.3 Å². The summed E-state index contributed by atoms with van der Waals surface area (Å²) in [4.78, 5) is 19.1. The van der Waals surface area contributed by atoms with Crippen LogP contribution in [0, 0.1) is 11.8 Å². The number of amides is 1. The second-order valence-electron chi connectivity index (χ2n) is 6.41. The molecular weight excluding hydrogens is 280 g/mol. The van der Waals surface area contributed by atoms with Gasteiger partial charge in [-0.1, -0.05) is 6.92 Å². The topological polar surface area (TPSA) is 71.1 Å². The lowest BCUT2D eigenvalue weighted by atomic mass is 9.91. The number of hydrogen-bond acceptors (Lipinski definition) is 4. The van der Waals surface area contributed by atoms with Crippen LogP contribution in [0.3, 0.4) is 0 Å². The zero-order valence-corrected chi connectivity index (χ0v) is 13.4. The number of hydrogen-bond donors (Lipinski definition) is 1. The molecule has 0 saturated carbocycles. The van der Waals surface area contributed by atoms with Crippen molar-refractivity contribution in [3.05, 3.63) is 11.6 Å². The monoisotopic (exact) mass is 306 g/mol. The Labute approximate surface area is 131 Å². The third-order valence-corrected chi connectivity index (χ3v) is 4.87. The summed E-state index contributed by atoms with van der Waals surface area (Å²) in [6, 6.07) is 0. The van der Waals surface area contributed by atoms with Gasteiger partial charge in [-0.05, 0) is 31.6 Å². The fraction of sp³-hybridized carbons (Fsp3) is 0.812. The lowest BCUT2D eigenvalue weighted by molar-refractivity contribution is -0.139. The van der Waals surface area contributed by atoms with Crippen molar-refractivity contribution in [3.8, 4) is 0 Å². The Bertz CT molecular complexity index is 488. The number of rotatable bonds is 4. The van der Waals surface area contributed by atoms with Gasteiger partial charge < -0.3 is 9.64 Å². The molecule has 0 atom stereocenters. The molecule has 3 heterocycles. The molecule has 2 aliphatic heterocycles. The van der Waals surface area contributed by atoms with Gasteiger partial charge in [0.2, 0.25) is 5.91 Å². The average Bonchev–Trinajstić information content (AvgIpc) is 3.03. The molecule has 0 unspecified atom stereocenters. The summed E-state index contributed by atoms with van der Waals surface area (Å²) in [5, 5.41) is 7.23. The van der Waals surface area contributed by atoms with Crippen molar-refractivity contribution in [3.63, 3.8) is 0 Å². The summed E-state index contributed by atoms with van der Waals surface area (Å²) >= 11 is 0. The molecule has 0 spiro atoms. The van der Waals surface area contributed by atoms with Crippen LogP contribution in [-0.2, 0) is 22.4 Å². The second-order valence-corrected chi connectivity index (χ2v) is 6.41. The molecule has 2 saturated heterocycles. The predicted octanol–water partition coefficient (Wildman–Crippen LogP) is 1.57. The number of carbonyl (C=O) groups excluding carboxylic acids is 1. The van der Waals surface area contributed by atoms with Crippen molar-refractivity contribution < 1.29 is 9.53 Å². The lowest BCUT2D eigenvalue weighted by Gasteiger charge is -2.35. The Hall–Kier alpha value is -1.43. The Morgan fingerprint density at radius 1 is 1.27 bits per heavy atom. The van der Waals surface area contributed by atoms with E-state index in [4.69, 9.17) is 4.74 Å². The molecule has 122 valence electrons. The normalized spacial score (nSPS) is 21.2. The highest BCUT2D eigenvalue weighted by Crippen LogP contribution is 2.24. The maximum atomic E-state index is 12.5. The third-order valence-electron chi connectivity index (χ3n) is 4.87. The Morgan fingerprint density at radius 2 is 2.00 bits per heavy atom. The summed E-state index contributed by atoms with van der Waals surface area (Å²) in [7, 11) is 0. The average molecular weight is 306 g/mol. The smallest absolute Gasteiger partial charge is 0.225 e. The zero-order valence-electron chi connectivity index (χ0n) is 13.4. The molecule has 6 heteroatoms. The first-order valence-electron chi connectivity index (χ1n) is 8.53. The van der Waals surface area contributed by atoms with Crippen molar-refractivity contribution in [2.24, 2.45) is 11.8 Å². The Morgan fingerprint density at radius 3 is 2.64 bits per heavy atom. The summed E-state index contributed by atoms with van der Waals surface area (Å²) < 4.78 is 5.34. The van der Waals surface area contributed by atoms with E-state index in [0.29, 0.717) is 11.8 Å². The van der Waals surface area contributed by atoms with Crippen LogP contribution in [0.4, 0.5) is 0 Å². The van der Waals surface area contributed by atoms with E-state index in [-0.39, 0.29) is 5.92 Å². The summed E-state index contributed by atoms with van der Waals surface area (Å²) in [6.45, 7) is 5.30. The predicted molar refractivity (Wildman–Crippen MR) is 82.3 cm³/mol. The minimum atomic E-state index is 0.187. The number of carbonyl (C=O) groups is 1. The van der Waals surface area contributed by atoms with Gasteiger partial charge in [0.15, 0.2) is 0 Å². The van der Waals surface area contributed by atoms with Crippen LogP contribution < -0.4 is 0 Å². The van der Waals surface area contributed by atoms with Crippen LogP contribution in [0.15, 0.2) is 0 Å². The van der Waals surface area contributed by atoms with Crippen LogP contribution in [0.1, 0.15) is 44.3 Å². The van der Waals surface area contributed by atoms with E-state index in [9.17, 15) is 4.79 Å². The number of likely N-dealkylation sites (tertiary alicyclic amines) is 1. The van der Waals surface area contributed by atoms with Crippen LogP contribution in [0.5, 0.6) is 0 Å². The number of nitrogens with one attached hydrogen (secondary N) is 1. The van der Waals surface area contributed by atoms with Gasteiger partial charge in [0.05, 0.1) is 0 Å². The molecule has 1 aromatic rings. The SMILES string of the molecule is CCc1n[nH]c(CC2CCN(C(=O)C3CCOCC3)CC2)n1. The fourth-order valence-electron chi connectivity index (χ4n) is 3.42. The summed E-state index contributed by atoms with van der Waals surface area (Å²) in [5.41, 5.74) is 0. The van der Waals surface area contributed by atoms with E-state index in [2.05, 4.69) is 27.0 Å². The zero-order chi connectivity index (χ0) is 15.4. The maximum absolute atomic E-state index is 12.5. The summed E-state index contributed by atoms with van der Waals surface area (Å²) in [5.74, 6) is 3.02. The molecule has 22 heavy (non-hydrogen) atoms. The van der Waals surface area contributed by atoms with Crippen LogP contribution in [0.2, 0.25) is 0 Å². The fourth-order valence-corrected chi connectivity index (χ4v) is 3.42. The second kappa shape index (κ2) is 7.22. The lowest BCUT2D eigenvalue weighted by Crippen LogP contribution is -2.43. The van der Waals surface area contributed by atoms with Gasteiger partial charge in [0.25, 0.3) is 0 Å². The molecular formula is C16H26N4O2. The highest BCUT2D eigenvalue weighted by atomic mass is 16.5. The van der Waals surface area contributed by atoms with Crippen molar-refractivity contribution >= 4 is 5.91 Å². The minimum Gasteiger partial charge on any atom is -0.381 e. The van der Waals surface area contributed by atoms with Crippen LogP contribution in [0.25, 0.3) is 0 Å². The number of aryl methyl sites for hydroxylation is 1. The van der Waals surface area contributed by atoms with E-state index >= 15 is 0 Å². The molecule has 3 rings (SSSR count). The first-order chi connectivity index (χ1) is 10.8. The molecule has 1 amide bonds. The Kier molecular flexibility index (Phi) is 5.08. The number of piperidine rings is 1. The van der Waals surface area contributed by atoms with Crippen LogP contribution >= 0.6 is 0 Å². The van der Waals surface area contributed by atoms with Gasteiger partial charge in [-0.2, -0.15) is 5.10 Å². The number of aromatic amines is 1. The van der Waals surface area contributed by atoms with Gasteiger partial charge in [-0.15, -0.1) is 0 Å². The van der Waals surface area contributed by atoms with E-state index in [1.807, 2.05) is 0 Å². The van der Waals surface area contributed by atoms with E-state index in [1.54, 1.807) is 0 Å². The third kappa shape index (κ3) is 3.66. The summed E-state index contributed by atoms with van der Waals surface area (Å²) in [6.07, 6.45) is 5.72. The van der Waals surface area contributed by atoms with Gasteiger partial charge >= 0.3 is 0 Å². The van der Waals surface area contributed by atoms with E-state index < -0.39 is 0 Å². The molecule has 0 bridgehead atoms. The number of H-pyrrole nitrogens is 1. The molecule has 2 aliphatic rings. The molecule has 0 radical (unpaired) electrons. The van der Waals surface area contributed by atoms with Crippen molar-refractivity contribution in [2.45, 2.75) is 45.4 Å². The van der Waals surface area contributed by atoms with Gasteiger partial charge in [-0.3, -0.25) is 9.89 Å². The Balaban J connectivity index is 1.46. The maximum Gasteiger partial charge on any atom is 0.225 e. The molecule has 2 fully saturated rings.